The topological polar surface area (TPSA) is 74.9 Å². The minimum atomic E-state index is 0.283. The number of phenolic OH excluding ortho intramolecular Hbond substituents is 1. The van der Waals surface area contributed by atoms with Crippen molar-refractivity contribution in [1.82, 2.24) is 10.2 Å². The fourth-order valence-corrected chi connectivity index (χ4v) is 1.90. The highest BCUT2D eigenvalue weighted by atomic mass is 16.3. The van der Waals surface area contributed by atoms with Gasteiger partial charge >= 0.3 is 0 Å². The van der Waals surface area contributed by atoms with Crippen LogP contribution in [0.15, 0.2) is 12.3 Å². The van der Waals surface area contributed by atoms with Gasteiger partial charge in [-0.1, -0.05) is 6.07 Å². The zero-order valence-electron chi connectivity index (χ0n) is 9.63. The first kappa shape index (κ1) is 10.5. The Morgan fingerprint density at radius 2 is 1.94 bits per heavy atom. The van der Waals surface area contributed by atoms with Crippen LogP contribution >= 0.6 is 0 Å². The van der Waals surface area contributed by atoms with Gasteiger partial charge in [-0.05, 0) is 37.5 Å². The van der Waals surface area contributed by atoms with E-state index in [-0.39, 0.29) is 5.75 Å². The molecule has 4 N–H and O–H groups in total. The predicted molar refractivity (Wildman–Crippen MR) is 64.3 cm³/mol. The number of aromatic nitrogens is 2. The van der Waals surface area contributed by atoms with Crippen LogP contribution in [0.5, 0.6) is 5.75 Å². The summed E-state index contributed by atoms with van der Waals surface area (Å²) < 4.78 is 0. The average molecular weight is 217 g/mol. The molecule has 84 valence electrons. The highest BCUT2D eigenvalue weighted by molar-refractivity contribution is 5.81. The van der Waals surface area contributed by atoms with Gasteiger partial charge in [0.1, 0.15) is 11.6 Å². The summed E-state index contributed by atoms with van der Waals surface area (Å²) in [5.41, 5.74) is 10.2. The molecule has 0 bridgehead atoms. The molecule has 1 aromatic carbocycles. The Morgan fingerprint density at radius 1 is 1.25 bits per heavy atom. The minimum Gasteiger partial charge on any atom is -0.507 e. The van der Waals surface area contributed by atoms with E-state index < -0.39 is 0 Å². The van der Waals surface area contributed by atoms with E-state index in [0.29, 0.717) is 5.82 Å². The fourth-order valence-electron chi connectivity index (χ4n) is 1.90. The van der Waals surface area contributed by atoms with Crippen LogP contribution in [0.3, 0.4) is 0 Å². The van der Waals surface area contributed by atoms with Crippen molar-refractivity contribution in [3.8, 4) is 16.9 Å². The van der Waals surface area contributed by atoms with Crippen LogP contribution in [0.4, 0.5) is 5.82 Å². The summed E-state index contributed by atoms with van der Waals surface area (Å²) in [5.74, 6) is 0.757. The number of anilines is 1. The monoisotopic (exact) mass is 217 g/mol. The zero-order valence-corrected chi connectivity index (χ0v) is 9.63. The Kier molecular flexibility index (Phi) is 2.34. The molecule has 2 rings (SSSR count). The second kappa shape index (κ2) is 3.56. The first-order valence-electron chi connectivity index (χ1n) is 5.11. The molecule has 2 aromatic rings. The molecule has 4 nitrogen and oxygen atoms in total. The number of phenols is 1. The summed E-state index contributed by atoms with van der Waals surface area (Å²) in [6.07, 6.45) is 1.63. The molecule has 0 saturated carbocycles. The molecule has 1 heterocycles. The van der Waals surface area contributed by atoms with Crippen molar-refractivity contribution in [1.29, 1.82) is 0 Å². The standard InChI is InChI=1S/C12H15N3O/c1-6-4-7(2)10(11(16)8(6)3)9-5-14-15-12(9)13/h4-5,16H,1-3H3,(H3,13,14,15). The molecule has 0 unspecified atom stereocenters. The molecule has 0 atom stereocenters. The molecule has 0 aliphatic rings. The van der Waals surface area contributed by atoms with E-state index in [1.807, 2.05) is 26.8 Å². The van der Waals surface area contributed by atoms with Crippen molar-refractivity contribution >= 4 is 5.82 Å². The maximum absolute atomic E-state index is 10.2. The molecule has 16 heavy (non-hydrogen) atoms. The number of aromatic amines is 1. The van der Waals surface area contributed by atoms with Gasteiger partial charge in [-0.25, -0.2) is 0 Å². The summed E-state index contributed by atoms with van der Waals surface area (Å²) >= 11 is 0. The Bertz CT molecular complexity index is 543. The van der Waals surface area contributed by atoms with E-state index in [9.17, 15) is 5.11 Å². The second-order valence-corrected chi connectivity index (χ2v) is 4.06. The van der Waals surface area contributed by atoms with Crippen molar-refractivity contribution in [3.05, 3.63) is 29.0 Å². The van der Waals surface area contributed by atoms with Gasteiger partial charge in [0, 0.05) is 11.1 Å². The van der Waals surface area contributed by atoms with Crippen molar-refractivity contribution < 1.29 is 5.11 Å². The second-order valence-electron chi connectivity index (χ2n) is 4.06. The number of aromatic hydroxyl groups is 1. The predicted octanol–water partition coefficient (Wildman–Crippen LogP) is 2.29. The third-order valence-corrected chi connectivity index (χ3v) is 2.95. The zero-order chi connectivity index (χ0) is 11.9. The van der Waals surface area contributed by atoms with Crippen LogP contribution < -0.4 is 5.73 Å². The number of nitrogen functional groups attached to an aromatic ring is 1. The van der Waals surface area contributed by atoms with E-state index in [0.717, 1.165) is 27.8 Å². The number of nitrogens with zero attached hydrogens (tertiary/aromatic N) is 1. The molecule has 4 heteroatoms. The Labute approximate surface area is 94.1 Å². The van der Waals surface area contributed by atoms with E-state index in [1.54, 1.807) is 6.20 Å². The van der Waals surface area contributed by atoms with Crippen LogP contribution in [-0.4, -0.2) is 15.3 Å². The Hall–Kier alpha value is -1.97. The number of nitrogens with one attached hydrogen (secondary N) is 1. The van der Waals surface area contributed by atoms with Gasteiger partial charge < -0.3 is 10.8 Å². The molecule has 0 radical (unpaired) electrons. The largest absolute Gasteiger partial charge is 0.507 e. The molecule has 0 amide bonds. The fraction of sp³-hybridized carbons (Fsp3) is 0.250. The maximum atomic E-state index is 10.2. The third-order valence-electron chi connectivity index (χ3n) is 2.95. The van der Waals surface area contributed by atoms with Crippen molar-refractivity contribution in [3.63, 3.8) is 0 Å². The van der Waals surface area contributed by atoms with Gasteiger partial charge in [-0.15, -0.1) is 0 Å². The number of hydrogen-bond acceptors (Lipinski definition) is 3. The smallest absolute Gasteiger partial charge is 0.127 e. The number of H-pyrrole nitrogens is 1. The molecule has 1 aromatic heterocycles. The molecule has 0 aliphatic carbocycles. The average Bonchev–Trinajstić information content (AvgIpc) is 2.62. The molecule has 0 saturated heterocycles. The first-order chi connectivity index (χ1) is 7.52. The van der Waals surface area contributed by atoms with Crippen molar-refractivity contribution in [2.45, 2.75) is 20.8 Å². The number of rotatable bonds is 1. The van der Waals surface area contributed by atoms with Crippen LogP contribution in [0.2, 0.25) is 0 Å². The summed E-state index contributed by atoms with van der Waals surface area (Å²) in [4.78, 5) is 0. The molecular formula is C12H15N3O. The van der Waals surface area contributed by atoms with Crippen molar-refractivity contribution in [2.24, 2.45) is 0 Å². The van der Waals surface area contributed by atoms with E-state index in [4.69, 9.17) is 5.73 Å². The lowest BCUT2D eigenvalue weighted by Crippen LogP contribution is -1.93. The van der Waals surface area contributed by atoms with Gasteiger partial charge in [0.15, 0.2) is 0 Å². The Balaban J connectivity index is 2.76. The molecule has 0 fully saturated rings. The first-order valence-corrected chi connectivity index (χ1v) is 5.11. The minimum absolute atomic E-state index is 0.283. The van der Waals surface area contributed by atoms with E-state index >= 15 is 0 Å². The summed E-state index contributed by atoms with van der Waals surface area (Å²) in [7, 11) is 0. The highest BCUT2D eigenvalue weighted by Gasteiger charge is 2.15. The summed E-state index contributed by atoms with van der Waals surface area (Å²) in [6, 6.07) is 2.04. The SMILES string of the molecule is Cc1cc(C)c(-c2cn[nH]c2N)c(O)c1C. The highest BCUT2D eigenvalue weighted by Crippen LogP contribution is 2.38. The lowest BCUT2D eigenvalue weighted by atomic mass is 9.95. The van der Waals surface area contributed by atoms with E-state index in [1.165, 1.54) is 0 Å². The van der Waals surface area contributed by atoms with Crippen LogP contribution in [-0.2, 0) is 0 Å². The Morgan fingerprint density at radius 3 is 2.50 bits per heavy atom. The van der Waals surface area contributed by atoms with Gasteiger partial charge in [0.05, 0.1) is 6.20 Å². The summed E-state index contributed by atoms with van der Waals surface area (Å²) in [5, 5.41) is 16.7. The number of aryl methyl sites for hydroxylation is 2. The number of hydrogen-bond donors (Lipinski definition) is 3. The quantitative estimate of drug-likeness (QED) is 0.686. The molecule has 0 aliphatic heterocycles. The normalized spacial score (nSPS) is 10.7. The summed E-state index contributed by atoms with van der Waals surface area (Å²) in [6.45, 7) is 5.82. The van der Waals surface area contributed by atoms with Crippen molar-refractivity contribution in [2.75, 3.05) is 5.73 Å². The maximum Gasteiger partial charge on any atom is 0.127 e. The third kappa shape index (κ3) is 1.43. The number of benzene rings is 1. The lowest BCUT2D eigenvalue weighted by Gasteiger charge is -2.12. The van der Waals surface area contributed by atoms with Crippen LogP contribution in [0, 0.1) is 20.8 Å². The molecular weight excluding hydrogens is 202 g/mol. The lowest BCUT2D eigenvalue weighted by molar-refractivity contribution is 0.472. The van der Waals surface area contributed by atoms with Gasteiger partial charge in [-0.3, -0.25) is 5.10 Å². The van der Waals surface area contributed by atoms with Gasteiger partial charge in [-0.2, -0.15) is 5.10 Å². The molecule has 0 spiro atoms. The van der Waals surface area contributed by atoms with Crippen LogP contribution in [0.25, 0.3) is 11.1 Å². The van der Waals surface area contributed by atoms with Gasteiger partial charge in [0.25, 0.3) is 0 Å². The van der Waals surface area contributed by atoms with Gasteiger partial charge in [0.2, 0.25) is 0 Å². The van der Waals surface area contributed by atoms with Crippen LogP contribution in [0.1, 0.15) is 16.7 Å². The number of nitrogens with two attached hydrogens (primary N) is 1. The van der Waals surface area contributed by atoms with E-state index in [2.05, 4.69) is 10.2 Å².